The molecule has 0 spiro atoms. The van der Waals surface area contributed by atoms with Crippen LogP contribution >= 0.6 is 0 Å². The Bertz CT molecular complexity index is 488. The molecule has 1 aromatic heterocycles. The third kappa shape index (κ3) is 2.87. The molecule has 92 valence electrons. The van der Waals surface area contributed by atoms with Gasteiger partial charge >= 0.3 is 0 Å². The highest BCUT2D eigenvalue weighted by Crippen LogP contribution is 2.18. The van der Waals surface area contributed by atoms with Crippen molar-refractivity contribution in [1.29, 1.82) is 0 Å². The zero-order chi connectivity index (χ0) is 12.3. The molecule has 0 aliphatic rings. The molecule has 0 bridgehead atoms. The topological polar surface area (TPSA) is 48.0 Å². The molecule has 0 saturated heterocycles. The number of benzene rings is 1. The molecule has 1 aromatic carbocycles. The van der Waals surface area contributed by atoms with E-state index in [4.69, 9.17) is 5.11 Å². The number of aliphatic hydroxyl groups excluding tert-OH is 1. The summed E-state index contributed by atoms with van der Waals surface area (Å²) in [5.74, 6) is 0. The molecule has 3 nitrogen and oxygen atoms in total. The van der Waals surface area contributed by atoms with Crippen LogP contribution in [0.4, 0.5) is 0 Å². The van der Waals surface area contributed by atoms with Gasteiger partial charge in [0, 0.05) is 35.8 Å². The Kier molecular flexibility index (Phi) is 3.50. The van der Waals surface area contributed by atoms with Crippen molar-refractivity contribution in [2.45, 2.75) is 32.4 Å². The van der Waals surface area contributed by atoms with Gasteiger partial charge in [0.25, 0.3) is 0 Å². The van der Waals surface area contributed by atoms with Crippen molar-refractivity contribution >= 4 is 10.9 Å². The zero-order valence-electron chi connectivity index (χ0n) is 10.5. The van der Waals surface area contributed by atoms with E-state index in [1.165, 1.54) is 16.5 Å². The Hall–Kier alpha value is -1.32. The maximum absolute atomic E-state index is 8.99. The normalized spacial score (nSPS) is 12.2. The van der Waals surface area contributed by atoms with Crippen LogP contribution in [-0.4, -0.2) is 22.2 Å². The van der Waals surface area contributed by atoms with Crippen LogP contribution in [0.5, 0.6) is 0 Å². The third-order valence-corrected chi connectivity index (χ3v) is 3.18. The summed E-state index contributed by atoms with van der Waals surface area (Å²) < 4.78 is 0. The van der Waals surface area contributed by atoms with E-state index in [0.29, 0.717) is 0 Å². The lowest BCUT2D eigenvalue weighted by Gasteiger charge is -2.25. The average Bonchev–Trinajstić information content (AvgIpc) is 2.74. The van der Waals surface area contributed by atoms with Crippen LogP contribution in [0.2, 0.25) is 0 Å². The number of H-pyrrole nitrogens is 1. The summed E-state index contributed by atoms with van der Waals surface area (Å²) in [7, 11) is 0. The van der Waals surface area contributed by atoms with E-state index >= 15 is 0 Å². The van der Waals surface area contributed by atoms with Crippen LogP contribution in [0.1, 0.15) is 25.8 Å². The predicted molar refractivity (Wildman–Crippen MR) is 70.9 cm³/mol. The van der Waals surface area contributed by atoms with Gasteiger partial charge in [0.15, 0.2) is 0 Å². The van der Waals surface area contributed by atoms with Gasteiger partial charge < -0.3 is 15.4 Å². The number of fused-ring (bicyclic) bond motifs is 1. The summed E-state index contributed by atoms with van der Waals surface area (Å²) in [5.41, 5.74) is 2.42. The average molecular weight is 232 g/mol. The molecule has 0 amide bonds. The molecule has 0 saturated carbocycles. The van der Waals surface area contributed by atoms with Gasteiger partial charge in [-0.2, -0.15) is 0 Å². The quantitative estimate of drug-likeness (QED) is 0.741. The first-order valence-corrected chi connectivity index (χ1v) is 6.03. The number of aliphatic hydroxyl groups is 1. The van der Waals surface area contributed by atoms with Crippen LogP contribution in [0.15, 0.2) is 30.5 Å². The maximum Gasteiger partial charge on any atom is 0.0457 e. The molecule has 17 heavy (non-hydrogen) atoms. The molecule has 0 radical (unpaired) electrons. The molecule has 0 aliphatic carbocycles. The number of nitrogens with one attached hydrogen (secondary N) is 2. The highest BCUT2D eigenvalue weighted by atomic mass is 16.3. The summed E-state index contributed by atoms with van der Waals surface area (Å²) in [5, 5.41) is 13.7. The second kappa shape index (κ2) is 4.90. The van der Waals surface area contributed by atoms with Gasteiger partial charge in [0.2, 0.25) is 0 Å². The van der Waals surface area contributed by atoms with E-state index in [2.05, 4.69) is 48.4 Å². The van der Waals surface area contributed by atoms with Crippen LogP contribution < -0.4 is 5.32 Å². The number of rotatable bonds is 5. The highest BCUT2D eigenvalue weighted by Gasteiger charge is 2.16. The predicted octanol–water partition coefficient (Wildman–Crippen LogP) is 2.42. The number of hydrogen-bond acceptors (Lipinski definition) is 2. The van der Waals surface area contributed by atoms with Gasteiger partial charge in [-0.05, 0) is 38.0 Å². The monoisotopic (exact) mass is 232 g/mol. The van der Waals surface area contributed by atoms with Crippen LogP contribution in [0.3, 0.4) is 0 Å². The minimum absolute atomic E-state index is 0.0345. The lowest BCUT2D eigenvalue weighted by molar-refractivity contribution is 0.230. The van der Waals surface area contributed by atoms with E-state index in [9.17, 15) is 0 Å². The van der Waals surface area contributed by atoms with Crippen molar-refractivity contribution in [3.05, 3.63) is 36.0 Å². The van der Waals surface area contributed by atoms with Gasteiger partial charge in [-0.3, -0.25) is 0 Å². The summed E-state index contributed by atoms with van der Waals surface area (Å²) in [6.45, 7) is 5.26. The van der Waals surface area contributed by atoms with Crippen LogP contribution in [-0.2, 0) is 6.54 Å². The van der Waals surface area contributed by atoms with Gasteiger partial charge in [-0.15, -0.1) is 0 Å². The molecule has 0 atom stereocenters. The van der Waals surface area contributed by atoms with E-state index in [-0.39, 0.29) is 12.1 Å². The van der Waals surface area contributed by atoms with E-state index < -0.39 is 0 Å². The van der Waals surface area contributed by atoms with Crippen LogP contribution in [0.25, 0.3) is 10.9 Å². The Balaban J connectivity index is 2.11. The Morgan fingerprint density at radius 2 is 2.12 bits per heavy atom. The first kappa shape index (κ1) is 12.1. The first-order valence-electron chi connectivity index (χ1n) is 6.03. The zero-order valence-corrected chi connectivity index (χ0v) is 10.5. The number of hydrogen-bond donors (Lipinski definition) is 3. The van der Waals surface area contributed by atoms with E-state index in [0.717, 1.165) is 13.0 Å². The van der Waals surface area contributed by atoms with Crippen LogP contribution in [0, 0.1) is 0 Å². The van der Waals surface area contributed by atoms with Gasteiger partial charge in [0.05, 0.1) is 0 Å². The molecular weight excluding hydrogens is 212 g/mol. The summed E-state index contributed by atoms with van der Waals surface area (Å²) in [6, 6.07) is 8.39. The molecule has 1 heterocycles. The van der Waals surface area contributed by atoms with Crippen molar-refractivity contribution in [3.8, 4) is 0 Å². The summed E-state index contributed by atoms with van der Waals surface area (Å²) in [6.07, 6.45) is 2.73. The lowest BCUT2D eigenvalue weighted by atomic mass is 10.0. The first-order chi connectivity index (χ1) is 8.12. The van der Waals surface area contributed by atoms with Gasteiger partial charge in [0.1, 0.15) is 0 Å². The van der Waals surface area contributed by atoms with E-state index in [1.54, 1.807) is 0 Å². The fraction of sp³-hybridized carbons (Fsp3) is 0.429. The maximum atomic E-state index is 8.99. The smallest absolute Gasteiger partial charge is 0.0457 e. The Morgan fingerprint density at radius 3 is 2.88 bits per heavy atom. The van der Waals surface area contributed by atoms with Crippen molar-refractivity contribution in [3.63, 3.8) is 0 Å². The largest absolute Gasteiger partial charge is 0.396 e. The fourth-order valence-electron chi connectivity index (χ4n) is 2.01. The summed E-state index contributed by atoms with van der Waals surface area (Å²) >= 11 is 0. The lowest BCUT2D eigenvalue weighted by Crippen LogP contribution is -2.39. The second-order valence-electron chi connectivity index (χ2n) is 5.07. The molecule has 2 rings (SSSR count). The van der Waals surface area contributed by atoms with Crippen molar-refractivity contribution in [2.24, 2.45) is 0 Å². The third-order valence-electron chi connectivity index (χ3n) is 3.18. The fourth-order valence-corrected chi connectivity index (χ4v) is 2.01. The van der Waals surface area contributed by atoms with E-state index in [1.807, 2.05) is 6.20 Å². The molecule has 2 aromatic rings. The SMILES string of the molecule is CC(C)(CCO)NCc1cccc2[nH]ccc12. The molecular formula is C14H20N2O. The number of aromatic nitrogens is 1. The number of aromatic amines is 1. The second-order valence-corrected chi connectivity index (χ2v) is 5.07. The van der Waals surface area contributed by atoms with Crippen molar-refractivity contribution in [2.75, 3.05) is 6.61 Å². The molecule has 0 fully saturated rings. The molecule has 0 aliphatic heterocycles. The van der Waals surface area contributed by atoms with Crippen molar-refractivity contribution in [1.82, 2.24) is 10.3 Å². The minimum Gasteiger partial charge on any atom is -0.396 e. The molecule has 0 unspecified atom stereocenters. The highest BCUT2D eigenvalue weighted by molar-refractivity contribution is 5.82. The van der Waals surface area contributed by atoms with Gasteiger partial charge in [-0.25, -0.2) is 0 Å². The minimum atomic E-state index is -0.0345. The molecule has 3 N–H and O–H groups in total. The summed E-state index contributed by atoms with van der Waals surface area (Å²) in [4.78, 5) is 3.21. The molecule has 3 heteroatoms. The van der Waals surface area contributed by atoms with Gasteiger partial charge in [-0.1, -0.05) is 12.1 Å². The standard InChI is InChI=1S/C14H20N2O/c1-14(2,7-9-17)16-10-11-4-3-5-13-12(11)6-8-15-13/h3-6,8,15-17H,7,9-10H2,1-2H3. The Morgan fingerprint density at radius 1 is 1.29 bits per heavy atom. The van der Waals surface area contributed by atoms with Crippen molar-refractivity contribution < 1.29 is 5.11 Å². The Labute approximate surface area is 102 Å².